The zero-order chi connectivity index (χ0) is 7.56. The van der Waals surface area contributed by atoms with Crippen LogP contribution in [0.2, 0.25) is 0 Å². The number of alkyl halides is 1. The molecule has 0 N–H and O–H groups in total. The summed E-state index contributed by atoms with van der Waals surface area (Å²) in [5.41, 5.74) is 1.17. The maximum Gasteiger partial charge on any atom is 0.123 e. The third-order valence-corrected chi connectivity index (χ3v) is 2.05. The van der Waals surface area contributed by atoms with Crippen molar-refractivity contribution in [1.82, 2.24) is 0 Å². The quantitative estimate of drug-likeness (QED) is 0.529. The van der Waals surface area contributed by atoms with Crippen molar-refractivity contribution in [2.75, 3.05) is 0 Å². The third kappa shape index (κ3) is 1.94. The Bertz CT molecular complexity index is 203. The normalized spacial score (nSPS) is 13.1. The summed E-state index contributed by atoms with van der Waals surface area (Å²) >= 11 is 2.30. The van der Waals surface area contributed by atoms with Crippen molar-refractivity contribution in [2.24, 2.45) is 0 Å². The highest BCUT2D eigenvalue weighted by atomic mass is 127. The van der Waals surface area contributed by atoms with Crippen LogP contribution in [-0.2, 0) is 0 Å². The predicted molar refractivity (Wildman–Crippen MR) is 48.8 cm³/mol. The van der Waals surface area contributed by atoms with Gasteiger partial charge in [0.25, 0.3) is 0 Å². The third-order valence-electron chi connectivity index (χ3n) is 1.33. The molecule has 1 aromatic rings. The predicted octanol–water partition coefficient (Wildman–Crippen LogP) is 3.32. The Labute approximate surface area is 73.6 Å². The van der Waals surface area contributed by atoms with Gasteiger partial charge in [-0.05, 0) is 24.6 Å². The Morgan fingerprint density at radius 1 is 1.30 bits per heavy atom. The molecule has 0 spiro atoms. The molecular weight excluding hydrogens is 242 g/mol. The van der Waals surface area contributed by atoms with Gasteiger partial charge in [-0.15, -0.1) is 0 Å². The Balaban J connectivity index is 2.89. The number of hydrogen-bond donors (Lipinski definition) is 0. The van der Waals surface area contributed by atoms with Gasteiger partial charge in [0.05, 0.1) is 0 Å². The van der Waals surface area contributed by atoms with Crippen LogP contribution in [0.25, 0.3) is 0 Å². The standard InChI is InChI=1S/C8H8FI/c1-6(10)7-2-4-8(9)5-3-7/h2-6H,1H3. The minimum absolute atomic E-state index is 0.166. The Morgan fingerprint density at radius 3 is 2.20 bits per heavy atom. The molecule has 54 valence electrons. The fraction of sp³-hybridized carbons (Fsp3) is 0.250. The SMILES string of the molecule is CC(I)c1ccc(F)cc1. The van der Waals surface area contributed by atoms with Crippen LogP contribution in [0.5, 0.6) is 0 Å². The van der Waals surface area contributed by atoms with Gasteiger partial charge in [0.15, 0.2) is 0 Å². The number of halogens is 2. The van der Waals surface area contributed by atoms with Crippen LogP contribution in [0.15, 0.2) is 24.3 Å². The molecule has 0 nitrogen and oxygen atoms in total. The van der Waals surface area contributed by atoms with E-state index in [1.165, 1.54) is 17.7 Å². The average Bonchev–Trinajstić information content (AvgIpc) is 1.88. The number of hydrogen-bond acceptors (Lipinski definition) is 0. The van der Waals surface area contributed by atoms with Gasteiger partial charge in [-0.1, -0.05) is 34.7 Å². The lowest BCUT2D eigenvalue weighted by Crippen LogP contribution is -1.82. The van der Waals surface area contributed by atoms with Gasteiger partial charge < -0.3 is 0 Å². The Morgan fingerprint density at radius 2 is 1.80 bits per heavy atom. The molecule has 0 bridgehead atoms. The summed E-state index contributed by atoms with van der Waals surface area (Å²) < 4.78 is 12.8. The first kappa shape index (κ1) is 7.98. The molecule has 1 unspecified atom stereocenters. The lowest BCUT2D eigenvalue weighted by atomic mass is 10.2. The Hall–Kier alpha value is -0.120. The van der Waals surface area contributed by atoms with Gasteiger partial charge in [-0.2, -0.15) is 0 Å². The molecule has 1 rings (SSSR count). The smallest absolute Gasteiger partial charge is 0.123 e. The van der Waals surface area contributed by atoms with E-state index >= 15 is 0 Å². The molecule has 0 saturated carbocycles. The molecule has 0 saturated heterocycles. The second kappa shape index (κ2) is 3.32. The van der Waals surface area contributed by atoms with Crippen LogP contribution < -0.4 is 0 Å². The highest BCUT2D eigenvalue weighted by Gasteiger charge is 1.98. The maximum absolute atomic E-state index is 12.3. The van der Waals surface area contributed by atoms with E-state index in [2.05, 4.69) is 29.5 Å². The van der Waals surface area contributed by atoms with Gasteiger partial charge in [-0.3, -0.25) is 0 Å². The van der Waals surface area contributed by atoms with Crippen LogP contribution in [0.1, 0.15) is 16.4 Å². The summed E-state index contributed by atoms with van der Waals surface area (Å²) in [6.45, 7) is 2.08. The summed E-state index contributed by atoms with van der Waals surface area (Å²) in [5, 5.41) is 0. The van der Waals surface area contributed by atoms with Crippen molar-refractivity contribution in [3.8, 4) is 0 Å². The van der Waals surface area contributed by atoms with Crippen molar-refractivity contribution in [3.63, 3.8) is 0 Å². The molecule has 0 amide bonds. The zero-order valence-electron chi connectivity index (χ0n) is 5.64. The van der Waals surface area contributed by atoms with E-state index in [0.29, 0.717) is 3.92 Å². The zero-order valence-corrected chi connectivity index (χ0v) is 7.80. The molecule has 0 aliphatic heterocycles. The molecule has 0 radical (unpaired) electrons. The molecule has 0 aliphatic rings. The van der Waals surface area contributed by atoms with Crippen LogP contribution >= 0.6 is 22.6 Å². The van der Waals surface area contributed by atoms with Crippen molar-refractivity contribution >= 4 is 22.6 Å². The van der Waals surface area contributed by atoms with E-state index in [1.54, 1.807) is 0 Å². The first-order chi connectivity index (χ1) is 4.70. The Kier molecular flexibility index (Phi) is 2.65. The maximum atomic E-state index is 12.3. The number of benzene rings is 1. The van der Waals surface area contributed by atoms with E-state index < -0.39 is 0 Å². The monoisotopic (exact) mass is 250 g/mol. The molecule has 1 aromatic carbocycles. The fourth-order valence-electron chi connectivity index (χ4n) is 0.728. The summed E-state index contributed by atoms with van der Waals surface area (Å²) in [6.07, 6.45) is 0. The van der Waals surface area contributed by atoms with E-state index in [9.17, 15) is 4.39 Å². The molecule has 0 fully saturated rings. The molecule has 1 atom stereocenters. The van der Waals surface area contributed by atoms with Crippen molar-refractivity contribution in [2.45, 2.75) is 10.8 Å². The first-order valence-electron chi connectivity index (χ1n) is 3.09. The summed E-state index contributed by atoms with van der Waals surface area (Å²) in [4.78, 5) is 0. The van der Waals surface area contributed by atoms with Gasteiger partial charge in [0, 0.05) is 3.92 Å². The van der Waals surface area contributed by atoms with E-state index in [0.717, 1.165) is 0 Å². The van der Waals surface area contributed by atoms with Crippen LogP contribution in [0.4, 0.5) is 4.39 Å². The fourth-order valence-corrected chi connectivity index (χ4v) is 1.14. The second-order valence-electron chi connectivity index (χ2n) is 2.17. The van der Waals surface area contributed by atoms with E-state index in [4.69, 9.17) is 0 Å². The lowest BCUT2D eigenvalue weighted by molar-refractivity contribution is 0.627. The topological polar surface area (TPSA) is 0 Å². The molecule has 0 aromatic heterocycles. The van der Waals surface area contributed by atoms with E-state index in [1.807, 2.05) is 12.1 Å². The summed E-state index contributed by atoms with van der Waals surface area (Å²) in [5.74, 6) is -0.166. The highest BCUT2D eigenvalue weighted by molar-refractivity contribution is 14.1. The number of rotatable bonds is 1. The first-order valence-corrected chi connectivity index (χ1v) is 4.34. The molecule has 0 aliphatic carbocycles. The largest absolute Gasteiger partial charge is 0.207 e. The van der Waals surface area contributed by atoms with Crippen molar-refractivity contribution in [3.05, 3.63) is 35.6 Å². The van der Waals surface area contributed by atoms with Crippen molar-refractivity contribution in [1.29, 1.82) is 0 Å². The van der Waals surface area contributed by atoms with Gasteiger partial charge in [0.2, 0.25) is 0 Å². The van der Waals surface area contributed by atoms with Crippen LogP contribution in [-0.4, -0.2) is 0 Å². The minimum atomic E-state index is -0.166. The minimum Gasteiger partial charge on any atom is -0.207 e. The molecule has 0 heterocycles. The van der Waals surface area contributed by atoms with Gasteiger partial charge in [0.1, 0.15) is 5.82 Å². The van der Waals surface area contributed by atoms with Gasteiger partial charge >= 0.3 is 0 Å². The van der Waals surface area contributed by atoms with Gasteiger partial charge in [-0.25, -0.2) is 4.39 Å². The summed E-state index contributed by atoms with van der Waals surface area (Å²) in [6, 6.07) is 6.61. The van der Waals surface area contributed by atoms with E-state index in [-0.39, 0.29) is 5.82 Å². The molecule has 10 heavy (non-hydrogen) atoms. The lowest BCUT2D eigenvalue weighted by Gasteiger charge is -2.00. The molecular formula is C8H8FI. The second-order valence-corrected chi connectivity index (χ2v) is 4.04. The van der Waals surface area contributed by atoms with Crippen molar-refractivity contribution < 1.29 is 4.39 Å². The van der Waals surface area contributed by atoms with Crippen LogP contribution in [0, 0.1) is 5.82 Å². The average molecular weight is 250 g/mol. The summed E-state index contributed by atoms with van der Waals surface area (Å²) in [7, 11) is 0. The highest BCUT2D eigenvalue weighted by Crippen LogP contribution is 2.21. The molecule has 2 heteroatoms. The van der Waals surface area contributed by atoms with Crippen LogP contribution in [0.3, 0.4) is 0 Å².